The van der Waals surface area contributed by atoms with E-state index in [4.69, 9.17) is 0 Å². The molecule has 0 fully saturated rings. The molecule has 17 heavy (non-hydrogen) atoms. The van der Waals surface area contributed by atoms with Crippen LogP contribution < -0.4 is 0 Å². The predicted molar refractivity (Wildman–Crippen MR) is 74.0 cm³/mol. The summed E-state index contributed by atoms with van der Waals surface area (Å²) in [4.78, 5) is 8.97. The number of benzene rings is 1. The van der Waals surface area contributed by atoms with E-state index in [0.29, 0.717) is 5.92 Å². The summed E-state index contributed by atoms with van der Waals surface area (Å²) in [6.07, 6.45) is 0. The van der Waals surface area contributed by atoms with Crippen molar-refractivity contribution in [1.29, 1.82) is 0 Å². The van der Waals surface area contributed by atoms with Crippen LogP contribution in [-0.4, -0.2) is 9.97 Å². The first-order valence-corrected chi connectivity index (χ1v) is 6.47. The van der Waals surface area contributed by atoms with Gasteiger partial charge in [-0.15, -0.1) is 0 Å². The third kappa shape index (κ3) is 2.91. The van der Waals surface area contributed by atoms with Crippen molar-refractivity contribution in [3.05, 3.63) is 46.3 Å². The zero-order chi connectivity index (χ0) is 12.4. The summed E-state index contributed by atoms with van der Waals surface area (Å²) in [5.41, 5.74) is 3.35. The largest absolute Gasteiger partial charge is 0.233 e. The van der Waals surface area contributed by atoms with Crippen LogP contribution in [-0.2, 0) is 0 Å². The number of nitrogens with zero attached hydrogens (tertiary/aromatic N) is 2. The Morgan fingerprint density at radius 3 is 2.29 bits per heavy atom. The molecule has 0 atom stereocenters. The second-order valence-corrected chi connectivity index (χ2v) is 5.27. The molecule has 0 amide bonds. The fourth-order valence-electron chi connectivity index (χ4n) is 1.57. The topological polar surface area (TPSA) is 25.8 Å². The predicted octanol–water partition coefficient (Wildman–Crippen LogP) is 4.34. The lowest BCUT2D eigenvalue weighted by atomic mass is 10.1. The molecule has 3 heteroatoms. The molecule has 0 saturated carbocycles. The van der Waals surface area contributed by atoms with Crippen LogP contribution in [0.4, 0.5) is 0 Å². The van der Waals surface area contributed by atoms with Crippen LogP contribution in [0.5, 0.6) is 0 Å². The smallest absolute Gasteiger partial charge is 0.132 e. The Hall–Kier alpha value is -1.22. The highest BCUT2D eigenvalue weighted by Gasteiger charge is 2.08. The summed E-state index contributed by atoms with van der Waals surface area (Å²) in [7, 11) is 0. The van der Waals surface area contributed by atoms with Gasteiger partial charge in [0.2, 0.25) is 0 Å². The first-order chi connectivity index (χ1) is 8.06. The van der Waals surface area contributed by atoms with Gasteiger partial charge in [-0.25, -0.2) is 9.97 Å². The standard InChI is InChI=1S/C14H15BrN2/c1-9(2)14-16-12(8-13(15)17-14)11-6-4-10(3)5-7-11/h4-9H,1-3H3. The van der Waals surface area contributed by atoms with E-state index >= 15 is 0 Å². The minimum atomic E-state index is 0.330. The molecular formula is C14H15BrN2. The zero-order valence-corrected chi connectivity index (χ0v) is 11.8. The van der Waals surface area contributed by atoms with E-state index < -0.39 is 0 Å². The Morgan fingerprint density at radius 2 is 1.71 bits per heavy atom. The van der Waals surface area contributed by atoms with Crippen molar-refractivity contribution in [3.8, 4) is 11.3 Å². The Balaban J connectivity index is 2.48. The number of hydrogen-bond donors (Lipinski definition) is 0. The molecule has 0 radical (unpaired) electrons. The van der Waals surface area contributed by atoms with Gasteiger partial charge in [0.1, 0.15) is 10.4 Å². The first-order valence-electron chi connectivity index (χ1n) is 5.68. The first kappa shape index (κ1) is 12.2. The van der Waals surface area contributed by atoms with Crippen LogP contribution in [0.3, 0.4) is 0 Å². The van der Waals surface area contributed by atoms with Crippen molar-refractivity contribution in [2.24, 2.45) is 0 Å². The quantitative estimate of drug-likeness (QED) is 0.769. The van der Waals surface area contributed by atoms with E-state index in [1.54, 1.807) is 0 Å². The van der Waals surface area contributed by atoms with Gasteiger partial charge in [0.15, 0.2) is 0 Å². The van der Waals surface area contributed by atoms with Gasteiger partial charge in [-0.1, -0.05) is 43.7 Å². The van der Waals surface area contributed by atoms with Crippen molar-refractivity contribution in [2.75, 3.05) is 0 Å². The molecule has 0 N–H and O–H groups in total. The van der Waals surface area contributed by atoms with Gasteiger partial charge >= 0.3 is 0 Å². The maximum absolute atomic E-state index is 4.59. The highest BCUT2D eigenvalue weighted by Crippen LogP contribution is 2.22. The van der Waals surface area contributed by atoms with Crippen LogP contribution in [0.1, 0.15) is 31.2 Å². The Kier molecular flexibility index (Phi) is 3.57. The average Bonchev–Trinajstić information content (AvgIpc) is 2.29. The maximum atomic E-state index is 4.59. The van der Waals surface area contributed by atoms with Crippen molar-refractivity contribution in [3.63, 3.8) is 0 Å². The molecule has 0 saturated heterocycles. The van der Waals surface area contributed by atoms with Crippen LogP contribution in [0, 0.1) is 6.92 Å². The Bertz CT molecular complexity index is 518. The van der Waals surface area contributed by atoms with E-state index in [2.05, 4.69) is 70.9 Å². The van der Waals surface area contributed by atoms with Gasteiger partial charge in [-0.05, 0) is 28.9 Å². The Morgan fingerprint density at radius 1 is 1.06 bits per heavy atom. The van der Waals surface area contributed by atoms with Gasteiger partial charge in [0, 0.05) is 11.5 Å². The van der Waals surface area contributed by atoms with Gasteiger partial charge in [-0.2, -0.15) is 0 Å². The number of aromatic nitrogens is 2. The molecule has 0 aliphatic carbocycles. The number of rotatable bonds is 2. The molecule has 0 aliphatic heterocycles. The zero-order valence-electron chi connectivity index (χ0n) is 10.2. The summed E-state index contributed by atoms with van der Waals surface area (Å²) < 4.78 is 0.840. The molecule has 0 bridgehead atoms. The van der Waals surface area contributed by atoms with Gasteiger partial charge in [0.05, 0.1) is 5.69 Å². The normalized spacial score (nSPS) is 10.9. The monoisotopic (exact) mass is 290 g/mol. The van der Waals surface area contributed by atoms with Crippen molar-refractivity contribution < 1.29 is 0 Å². The number of halogens is 1. The Labute approximate surface area is 110 Å². The van der Waals surface area contributed by atoms with E-state index in [1.165, 1.54) is 5.56 Å². The molecule has 1 aromatic carbocycles. The third-order valence-corrected chi connectivity index (χ3v) is 2.98. The highest BCUT2D eigenvalue weighted by molar-refractivity contribution is 9.10. The van der Waals surface area contributed by atoms with Gasteiger partial charge in [-0.3, -0.25) is 0 Å². The lowest BCUT2D eigenvalue weighted by Crippen LogP contribution is -1.99. The molecule has 1 aromatic heterocycles. The van der Waals surface area contributed by atoms with Gasteiger partial charge in [0.25, 0.3) is 0 Å². The molecule has 2 rings (SSSR count). The SMILES string of the molecule is Cc1ccc(-c2cc(Br)nc(C(C)C)n2)cc1. The minimum Gasteiger partial charge on any atom is -0.233 e. The summed E-state index contributed by atoms with van der Waals surface area (Å²) in [6, 6.07) is 10.3. The lowest BCUT2D eigenvalue weighted by molar-refractivity contribution is 0.771. The average molecular weight is 291 g/mol. The van der Waals surface area contributed by atoms with Crippen LogP contribution >= 0.6 is 15.9 Å². The molecule has 0 aliphatic rings. The van der Waals surface area contributed by atoms with Crippen LogP contribution in [0.25, 0.3) is 11.3 Å². The molecule has 2 nitrogen and oxygen atoms in total. The van der Waals surface area contributed by atoms with E-state index in [-0.39, 0.29) is 0 Å². The van der Waals surface area contributed by atoms with Crippen LogP contribution in [0.2, 0.25) is 0 Å². The van der Waals surface area contributed by atoms with Crippen molar-refractivity contribution in [2.45, 2.75) is 26.7 Å². The summed E-state index contributed by atoms with van der Waals surface area (Å²) in [5.74, 6) is 1.20. The van der Waals surface area contributed by atoms with E-state index in [1.807, 2.05) is 6.07 Å². The van der Waals surface area contributed by atoms with Gasteiger partial charge < -0.3 is 0 Å². The second kappa shape index (κ2) is 4.96. The summed E-state index contributed by atoms with van der Waals surface area (Å²) in [6.45, 7) is 6.28. The highest BCUT2D eigenvalue weighted by atomic mass is 79.9. The molecule has 0 unspecified atom stereocenters. The molecule has 0 spiro atoms. The summed E-state index contributed by atoms with van der Waals surface area (Å²) in [5, 5.41) is 0. The number of aryl methyl sites for hydroxylation is 1. The van der Waals surface area contributed by atoms with E-state index in [9.17, 15) is 0 Å². The third-order valence-electron chi connectivity index (χ3n) is 2.58. The van der Waals surface area contributed by atoms with Crippen molar-refractivity contribution in [1.82, 2.24) is 9.97 Å². The molecule has 1 heterocycles. The minimum absolute atomic E-state index is 0.330. The fourth-order valence-corrected chi connectivity index (χ4v) is 1.96. The maximum Gasteiger partial charge on any atom is 0.132 e. The fraction of sp³-hybridized carbons (Fsp3) is 0.286. The van der Waals surface area contributed by atoms with Crippen LogP contribution in [0.15, 0.2) is 34.9 Å². The van der Waals surface area contributed by atoms with E-state index in [0.717, 1.165) is 21.7 Å². The second-order valence-electron chi connectivity index (χ2n) is 4.45. The molecule has 88 valence electrons. The molecule has 2 aromatic rings. The van der Waals surface area contributed by atoms with Crippen molar-refractivity contribution >= 4 is 15.9 Å². The summed E-state index contributed by atoms with van der Waals surface area (Å²) >= 11 is 3.44. The lowest BCUT2D eigenvalue weighted by Gasteiger charge is -2.08. The molecular weight excluding hydrogens is 276 g/mol. The number of hydrogen-bond acceptors (Lipinski definition) is 2.